The Kier molecular flexibility index (Phi) is 2.70. The van der Waals surface area contributed by atoms with Gasteiger partial charge in [-0.15, -0.1) is 0 Å². The molecule has 2 bridgehead atoms. The number of ether oxygens (including phenoxy) is 1. The third kappa shape index (κ3) is 1.58. The number of hydrogen-bond donors (Lipinski definition) is 1. The molecule has 1 heterocycles. The number of likely N-dealkylation sites (tertiary alicyclic amines) is 1. The van der Waals surface area contributed by atoms with Crippen molar-refractivity contribution < 1.29 is 9.84 Å². The topological polar surface area (TPSA) is 32.7 Å². The van der Waals surface area contributed by atoms with Crippen LogP contribution in [-0.2, 0) is 11.8 Å². The maximum Gasteiger partial charge on any atom is 0.119 e. The van der Waals surface area contributed by atoms with Gasteiger partial charge in [0, 0.05) is 11.5 Å². The number of piperidine rings is 1. The van der Waals surface area contributed by atoms with Crippen molar-refractivity contribution in [2.24, 2.45) is 0 Å². The van der Waals surface area contributed by atoms with Crippen LogP contribution in [0.25, 0.3) is 0 Å². The molecule has 1 unspecified atom stereocenters. The molecule has 3 rings (SSSR count). The first-order valence-corrected chi connectivity index (χ1v) is 7.00. The van der Waals surface area contributed by atoms with E-state index in [0.717, 1.165) is 25.1 Å². The number of likely N-dealkylation sites (N-methyl/N-ethyl adjacent to an activating group) is 1. The number of methoxy groups -OCH3 is 1. The van der Waals surface area contributed by atoms with Crippen molar-refractivity contribution in [1.82, 2.24) is 4.90 Å². The molecular weight excluding hydrogens is 238 g/mol. The van der Waals surface area contributed by atoms with E-state index in [0.29, 0.717) is 0 Å². The van der Waals surface area contributed by atoms with Crippen LogP contribution in [0.5, 0.6) is 5.75 Å². The summed E-state index contributed by atoms with van der Waals surface area (Å²) in [5.41, 5.74) is 1.73. The molecule has 1 saturated heterocycles. The van der Waals surface area contributed by atoms with E-state index in [2.05, 4.69) is 31.0 Å². The van der Waals surface area contributed by atoms with Crippen molar-refractivity contribution in [1.29, 1.82) is 0 Å². The van der Waals surface area contributed by atoms with Gasteiger partial charge in [-0.1, -0.05) is 13.0 Å². The highest BCUT2D eigenvalue weighted by atomic mass is 16.5. The minimum absolute atomic E-state index is 0.188. The maximum absolute atomic E-state index is 11.1. The van der Waals surface area contributed by atoms with Crippen LogP contribution in [0.1, 0.15) is 31.4 Å². The average Bonchev–Trinajstić information content (AvgIpc) is 2.38. The highest BCUT2D eigenvalue weighted by Gasteiger charge is 2.57. The van der Waals surface area contributed by atoms with Crippen LogP contribution in [0.3, 0.4) is 0 Å². The number of nitrogens with zero attached hydrogens (tertiary/aromatic N) is 1. The summed E-state index contributed by atoms with van der Waals surface area (Å²) in [6, 6.07) is 6.50. The van der Waals surface area contributed by atoms with Crippen LogP contribution in [0.15, 0.2) is 18.2 Å². The Balaban J connectivity index is 2.19. The Hall–Kier alpha value is -1.06. The van der Waals surface area contributed by atoms with Gasteiger partial charge in [0.1, 0.15) is 5.75 Å². The van der Waals surface area contributed by atoms with Crippen molar-refractivity contribution in [3.05, 3.63) is 29.3 Å². The summed E-state index contributed by atoms with van der Waals surface area (Å²) < 4.78 is 5.36. The fourth-order valence-electron chi connectivity index (χ4n) is 3.95. The molecule has 19 heavy (non-hydrogen) atoms. The zero-order valence-corrected chi connectivity index (χ0v) is 12.2. The van der Waals surface area contributed by atoms with Gasteiger partial charge in [0.05, 0.1) is 12.7 Å². The quantitative estimate of drug-likeness (QED) is 0.839. The SMILES string of the molecule is COc1ccc2c(c1)[C@@]1(C)CCN(C)C(C2)[C@@]1(C)O. The fraction of sp³-hybridized carbons (Fsp3) is 0.625. The normalized spacial score (nSPS) is 37.8. The van der Waals surface area contributed by atoms with Gasteiger partial charge in [0.2, 0.25) is 0 Å². The number of aliphatic hydroxyl groups is 1. The monoisotopic (exact) mass is 261 g/mol. The van der Waals surface area contributed by atoms with Crippen molar-refractivity contribution in [3.8, 4) is 5.75 Å². The molecule has 1 N–H and O–H groups in total. The molecule has 1 fully saturated rings. The van der Waals surface area contributed by atoms with E-state index in [4.69, 9.17) is 4.74 Å². The number of rotatable bonds is 1. The first-order chi connectivity index (χ1) is 8.90. The second-order valence-corrected chi connectivity index (χ2v) is 6.45. The summed E-state index contributed by atoms with van der Waals surface area (Å²) in [7, 11) is 3.82. The Labute approximate surface area is 115 Å². The summed E-state index contributed by atoms with van der Waals surface area (Å²) in [6.07, 6.45) is 1.89. The standard InChI is InChI=1S/C16H23NO2/c1-15-7-8-17(3)14(16(15,2)18)9-11-5-6-12(19-4)10-13(11)15/h5-6,10,14,18H,7-9H2,1-4H3/t14?,15-,16-/m1/s1. The maximum atomic E-state index is 11.1. The Morgan fingerprint density at radius 3 is 2.79 bits per heavy atom. The molecule has 3 heteroatoms. The Bertz CT molecular complexity index is 511. The first-order valence-electron chi connectivity index (χ1n) is 7.00. The minimum atomic E-state index is -0.695. The number of benzene rings is 1. The van der Waals surface area contributed by atoms with Crippen molar-refractivity contribution in [3.63, 3.8) is 0 Å². The Morgan fingerprint density at radius 2 is 2.11 bits per heavy atom. The lowest BCUT2D eigenvalue weighted by atomic mass is 9.56. The molecule has 1 aliphatic heterocycles. The van der Waals surface area contributed by atoms with Crippen molar-refractivity contribution >= 4 is 0 Å². The van der Waals surface area contributed by atoms with Gasteiger partial charge in [-0.25, -0.2) is 0 Å². The van der Waals surface area contributed by atoms with Crippen molar-refractivity contribution in [2.75, 3.05) is 20.7 Å². The molecule has 2 aliphatic rings. The van der Waals surface area contributed by atoms with E-state index >= 15 is 0 Å². The van der Waals surface area contributed by atoms with Gasteiger partial charge in [-0.2, -0.15) is 0 Å². The van der Waals surface area contributed by atoms with Crippen LogP contribution < -0.4 is 4.74 Å². The van der Waals surface area contributed by atoms with Crippen molar-refractivity contribution in [2.45, 2.75) is 43.7 Å². The molecule has 1 aromatic carbocycles. The van der Waals surface area contributed by atoms with Gasteiger partial charge >= 0.3 is 0 Å². The van der Waals surface area contributed by atoms with Gasteiger partial charge in [-0.3, -0.25) is 0 Å². The van der Waals surface area contributed by atoms with Crippen LogP contribution in [0.4, 0.5) is 0 Å². The van der Waals surface area contributed by atoms with Gasteiger partial charge in [-0.05, 0) is 56.6 Å². The predicted octanol–water partition coefficient (Wildman–Crippen LogP) is 1.96. The molecule has 1 aromatic rings. The van der Waals surface area contributed by atoms with E-state index in [-0.39, 0.29) is 11.5 Å². The molecule has 104 valence electrons. The zero-order chi connectivity index (χ0) is 13.8. The molecule has 0 radical (unpaired) electrons. The van der Waals surface area contributed by atoms with E-state index in [1.807, 2.05) is 13.0 Å². The third-order valence-corrected chi connectivity index (χ3v) is 5.59. The highest BCUT2D eigenvalue weighted by Crippen LogP contribution is 2.51. The van der Waals surface area contributed by atoms with Crippen LogP contribution in [-0.4, -0.2) is 42.4 Å². The zero-order valence-electron chi connectivity index (χ0n) is 12.2. The van der Waals surface area contributed by atoms with Crippen LogP contribution in [0.2, 0.25) is 0 Å². The lowest BCUT2D eigenvalue weighted by Gasteiger charge is -2.58. The molecule has 1 aliphatic carbocycles. The summed E-state index contributed by atoms with van der Waals surface area (Å²) in [5, 5.41) is 11.1. The van der Waals surface area contributed by atoms with Gasteiger partial charge < -0.3 is 14.7 Å². The summed E-state index contributed by atoms with van der Waals surface area (Å²) in [5.74, 6) is 0.883. The first kappa shape index (κ1) is 12.9. The molecule has 0 spiro atoms. The lowest BCUT2D eigenvalue weighted by Crippen LogP contribution is -2.68. The molecule has 0 saturated carbocycles. The summed E-state index contributed by atoms with van der Waals surface area (Å²) in [4.78, 5) is 2.30. The molecule has 3 nitrogen and oxygen atoms in total. The summed E-state index contributed by atoms with van der Waals surface area (Å²) >= 11 is 0. The third-order valence-electron chi connectivity index (χ3n) is 5.59. The fourth-order valence-corrected chi connectivity index (χ4v) is 3.95. The number of hydrogen-bond acceptors (Lipinski definition) is 3. The van der Waals surface area contributed by atoms with Crippen LogP contribution in [0, 0.1) is 0 Å². The average molecular weight is 261 g/mol. The summed E-state index contributed by atoms with van der Waals surface area (Å²) in [6.45, 7) is 5.23. The van der Waals surface area contributed by atoms with E-state index in [1.54, 1.807) is 7.11 Å². The molecule has 3 atom stereocenters. The molecule has 0 amide bonds. The largest absolute Gasteiger partial charge is 0.497 e. The smallest absolute Gasteiger partial charge is 0.119 e. The predicted molar refractivity (Wildman–Crippen MR) is 75.7 cm³/mol. The minimum Gasteiger partial charge on any atom is -0.497 e. The highest BCUT2D eigenvalue weighted by molar-refractivity contribution is 5.46. The second kappa shape index (κ2) is 3.97. The molecule has 0 aromatic heterocycles. The van der Waals surface area contributed by atoms with E-state index in [9.17, 15) is 5.11 Å². The van der Waals surface area contributed by atoms with Gasteiger partial charge in [0.15, 0.2) is 0 Å². The Morgan fingerprint density at radius 1 is 1.37 bits per heavy atom. The second-order valence-electron chi connectivity index (χ2n) is 6.45. The molecular formula is C16H23NO2. The van der Waals surface area contributed by atoms with Crippen LogP contribution >= 0.6 is 0 Å². The van der Waals surface area contributed by atoms with E-state index < -0.39 is 5.60 Å². The van der Waals surface area contributed by atoms with Gasteiger partial charge in [0.25, 0.3) is 0 Å². The van der Waals surface area contributed by atoms with E-state index in [1.165, 1.54) is 11.1 Å². The lowest BCUT2D eigenvalue weighted by molar-refractivity contribution is -0.121. The number of fused-ring (bicyclic) bond motifs is 4.